The summed E-state index contributed by atoms with van der Waals surface area (Å²) in [6, 6.07) is 0. The van der Waals surface area contributed by atoms with Gasteiger partial charge in [-0.2, -0.15) is 0 Å². The molecule has 0 aromatic rings. The van der Waals surface area contributed by atoms with Crippen molar-refractivity contribution in [1.82, 2.24) is 0 Å². The maximum absolute atomic E-state index is 12.0. The van der Waals surface area contributed by atoms with Gasteiger partial charge in [0, 0.05) is 0 Å². The molecule has 17 heavy (non-hydrogen) atoms. The van der Waals surface area contributed by atoms with Crippen molar-refractivity contribution in [3.63, 3.8) is 0 Å². The number of rotatable bonds is 2. The van der Waals surface area contributed by atoms with E-state index in [1.165, 1.54) is 26.4 Å². The molecule has 0 heterocycles. The highest BCUT2D eigenvalue weighted by Gasteiger charge is 2.60. The van der Waals surface area contributed by atoms with Gasteiger partial charge in [0.25, 0.3) is 0 Å². The Morgan fingerprint density at radius 1 is 1.18 bits per heavy atom. The molecule has 4 rings (SSSR count). The minimum Gasteiger partial charge on any atom is -0.468 e. The summed E-state index contributed by atoms with van der Waals surface area (Å²) in [4.78, 5) is 12.0. The molecule has 0 aromatic heterocycles. The second-order valence-corrected chi connectivity index (χ2v) is 6.89. The highest BCUT2D eigenvalue weighted by Crippen LogP contribution is 2.63. The lowest BCUT2D eigenvalue weighted by molar-refractivity contribution is -0.163. The van der Waals surface area contributed by atoms with Crippen LogP contribution in [0.25, 0.3) is 0 Å². The third kappa shape index (κ3) is 1.48. The Kier molecular flexibility index (Phi) is 2.35. The van der Waals surface area contributed by atoms with Crippen molar-refractivity contribution in [2.45, 2.75) is 51.0 Å². The Labute approximate surface area is 103 Å². The number of carbonyl (C=O) groups excluding carboxylic acids is 1. The van der Waals surface area contributed by atoms with Crippen LogP contribution in [0, 0.1) is 23.2 Å². The summed E-state index contributed by atoms with van der Waals surface area (Å²) in [5.41, 5.74) is 5.62. The molecule has 0 spiro atoms. The summed E-state index contributed by atoms with van der Waals surface area (Å²) in [7, 11) is 1.45. The zero-order chi connectivity index (χ0) is 12.3. The Balaban J connectivity index is 1.93. The van der Waals surface area contributed by atoms with Gasteiger partial charge >= 0.3 is 5.97 Å². The smallest absolute Gasteiger partial charge is 0.326 e. The monoisotopic (exact) mass is 237 g/mol. The van der Waals surface area contributed by atoms with E-state index in [2.05, 4.69) is 0 Å². The van der Waals surface area contributed by atoms with Crippen LogP contribution in [-0.2, 0) is 9.53 Å². The van der Waals surface area contributed by atoms with Crippen molar-refractivity contribution in [1.29, 1.82) is 0 Å². The Morgan fingerprint density at radius 2 is 1.59 bits per heavy atom. The molecule has 1 unspecified atom stereocenters. The van der Waals surface area contributed by atoms with E-state index < -0.39 is 5.54 Å². The van der Waals surface area contributed by atoms with Crippen molar-refractivity contribution in [2.24, 2.45) is 28.9 Å². The molecule has 4 aliphatic carbocycles. The maximum atomic E-state index is 12.0. The van der Waals surface area contributed by atoms with Gasteiger partial charge in [0.1, 0.15) is 5.54 Å². The summed E-state index contributed by atoms with van der Waals surface area (Å²) in [6.45, 7) is 1.89. The van der Waals surface area contributed by atoms with Gasteiger partial charge in [0.05, 0.1) is 7.11 Å². The lowest BCUT2D eigenvalue weighted by Crippen LogP contribution is -2.65. The molecule has 4 aliphatic rings. The van der Waals surface area contributed by atoms with Gasteiger partial charge in [-0.15, -0.1) is 0 Å². The second-order valence-electron chi connectivity index (χ2n) is 6.89. The second kappa shape index (κ2) is 3.47. The summed E-state index contributed by atoms with van der Waals surface area (Å²) in [6.07, 6.45) is 7.53. The van der Waals surface area contributed by atoms with Crippen LogP contribution < -0.4 is 5.73 Å². The van der Waals surface area contributed by atoms with E-state index in [0.29, 0.717) is 0 Å². The lowest BCUT2D eigenvalue weighted by Gasteiger charge is -2.61. The molecule has 0 aliphatic heterocycles. The number of hydrogen-bond donors (Lipinski definition) is 1. The molecule has 0 radical (unpaired) electrons. The highest BCUT2D eigenvalue weighted by molar-refractivity contribution is 5.81. The van der Waals surface area contributed by atoms with E-state index in [-0.39, 0.29) is 11.4 Å². The molecule has 0 amide bonds. The van der Waals surface area contributed by atoms with Gasteiger partial charge in [-0.1, -0.05) is 0 Å². The van der Waals surface area contributed by atoms with Crippen LogP contribution in [0.3, 0.4) is 0 Å². The highest BCUT2D eigenvalue weighted by atomic mass is 16.5. The fraction of sp³-hybridized carbons (Fsp3) is 0.929. The molecule has 2 N–H and O–H groups in total. The van der Waals surface area contributed by atoms with Gasteiger partial charge in [-0.25, -0.2) is 0 Å². The van der Waals surface area contributed by atoms with Crippen LogP contribution in [-0.4, -0.2) is 18.6 Å². The van der Waals surface area contributed by atoms with Crippen LogP contribution in [0.15, 0.2) is 0 Å². The average Bonchev–Trinajstić information content (AvgIpc) is 2.25. The Morgan fingerprint density at radius 3 is 1.94 bits per heavy atom. The molecule has 4 fully saturated rings. The zero-order valence-corrected chi connectivity index (χ0v) is 10.9. The van der Waals surface area contributed by atoms with Crippen molar-refractivity contribution in [3.8, 4) is 0 Å². The standard InChI is InChI=1S/C14H23NO2/c1-13(15,12(16)17-2)14-6-9-3-10(7-14)5-11(4-9)8-14/h9-11H,3-8,15H2,1-2H3. The van der Waals surface area contributed by atoms with Crippen molar-refractivity contribution < 1.29 is 9.53 Å². The van der Waals surface area contributed by atoms with E-state index in [9.17, 15) is 4.79 Å². The summed E-state index contributed by atoms with van der Waals surface area (Å²) < 4.78 is 4.94. The molecular formula is C14H23NO2. The Bertz CT molecular complexity index is 313. The van der Waals surface area contributed by atoms with Gasteiger partial charge in [0.15, 0.2) is 0 Å². The van der Waals surface area contributed by atoms with Gasteiger partial charge < -0.3 is 10.5 Å². The van der Waals surface area contributed by atoms with Crippen LogP contribution in [0.2, 0.25) is 0 Å². The minimum atomic E-state index is -0.794. The molecule has 0 aromatic carbocycles. The molecule has 3 nitrogen and oxygen atoms in total. The van der Waals surface area contributed by atoms with Crippen molar-refractivity contribution in [2.75, 3.05) is 7.11 Å². The fourth-order valence-electron chi connectivity index (χ4n) is 5.18. The number of carbonyl (C=O) groups is 1. The molecule has 96 valence electrons. The average molecular weight is 237 g/mol. The van der Waals surface area contributed by atoms with Crippen molar-refractivity contribution >= 4 is 5.97 Å². The van der Waals surface area contributed by atoms with Crippen molar-refractivity contribution in [3.05, 3.63) is 0 Å². The minimum absolute atomic E-state index is 0.0227. The third-order valence-electron chi connectivity index (χ3n) is 5.75. The predicted octanol–water partition coefficient (Wildman–Crippen LogP) is 2.09. The van der Waals surface area contributed by atoms with E-state index in [1.54, 1.807) is 0 Å². The van der Waals surface area contributed by atoms with Crippen LogP contribution in [0.1, 0.15) is 45.4 Å². The number of methoxy groups -OCH3 is 1. The summed E-state index contributed by atoms with van der Waals surface area (Å²) in [5.74, 6) is 2.22. The predicted molar refractivity (Wildman–Crippen MR) is 65.2 cm³/mol. The van der Waals surface area contributed by atoms with E-state index >= 15 is 0 Å². The normalized spacial score (nSPS) is 46.6. The zero-order valence-electron chi connectivity index (χ0n) is 10.9. The first-order valence-corrected chi connectivity index (χ1v) is 6.84. The molecule has 4 saturated carbocycles. The van der Waals surface area contributed by atoms with E-state index in [0.717, 1.165) is 37.0 Å². The molecule has 3 heteroatoms. The summed E-state index contributed by atoms with van der Waals surface area (Å²) >= 11 is 0. The quantitative estimate of drug-likeness (QED) is 0.748. The SMILES string of the molecule is COC(=O)C(C)(N)C12CC3CC(CC(C3)C1)C2. The van der Waals surface area contributed by atoms with Crippen LogP contribution in [0.5, 0.6) is 0 Å². The van der Waals surface area contributed by atoms with E-state index in [1.807, 2.05) is 6.92 Å². The van der Waals surface area contributed by atoms with Gasteiger partial charge in [-0.05, 0) is 68.6 Å². The largest absolute Gasteiger partial charge is 0.468 e. The van der Waals surface area contributed by atoms with Crippen LogP contribution in [0.4, 0.5) is 0 Å². The first-order valence-electron chi connectivity index (χ1n) is 6.84. The third-order valence-corrected chi connectivity index (χ3v) is 5.75. The first kappa shape index (κ1) is 11.5. The van der Waals surface area contributed by atoms with Gasteiger partial charge in [0.2, 0.25) is 0 Å². The lowest BCUT2D eigenvalue weighted by atomic mass is 9.45. The molecule has 1 atom stereocenters. The molecular weight excluding hydrogens is 214 g/mol. The maximum Gasteiger partial charge on any atom is 0.326 e. The number of ether oxygens (including phenoxy) is 1. The number of esters is 1. The fourth-order valence-corrected chi connectivity index (χ4v) is 5.18. The Hall–Kier alpha value is -0.570. The van der Waals surface area contributed by atoms with Gasteiger partial charge in [-0.3, -0.25) is 4.79 Å². The molecule has 0 saturated heterocycles. The number of hydrogen-bond acceptors (Lipinski definition) is 3. The first-order chi connectivity index (χ1) is 7.97. The van der Waals surface area contributed by atoms with Crippen LogP contribution >= 0.6 is 0 Å². The topological polar surface area (TPSA) is 52.3 Å². The summed E-state index contributed by atoms with van der Waals surface area (Å²) in [5, 5.41) is 0. The van der Waals surface area contributed by atoms with E-state index in [4.69, 9.17) is 10.5 Å². The molecule has 4 bridgehead atoms. The number of nitrogens with two attached hydrogens (primary N) is 1.